The maximum Gasteiger partial charge on any atom is 0.0510 e. The summed E-state index contributed by atoms with van der Waals surface area (Å²) >= 11 is 0. The lowest BCUT2D eigenvalue weighted by atomic mass is 9.48. The van der Waals surface area contributed by atoms with E-state index in [1.807, 2.05) is 0 Å². The first-order valence-electron chi connectivity index (χ1n) is 8.30. The zero-order chi connectivity index (χ0) is 12.9. The van der Waals surface area contributed by atoms with E-state index in [4.69, 9.17) is 10.6 Å². The van der Waals surface area contributed by atoms with E-state index in [1.54, 1.807) is 0 Å². The second-order valence-electron chi connectivity index (χ2n) is 8.02. The molecule has 0 amide bonds. The standard InChI is InChI=1S/C16H28N2O/c17-18-15(14-1-2-19-10-14)9-16-6-11-3-12(7-16)5-13(4-11)8-16/h11-15,18H,1-10,17H2. The van der Waals surface area contributed by atoms with E-state index in [2.05, 4.69) is 5.43 Å². The number of ether oxygens (including phenoxy) is 1. The van der Waals surface area contributed by atoms with Crippen LogP contribution in [0.3, 0.4) is 0 Å². The summed E-state index contributed by atoms with van der Waals surface area (Å²) in [6.07, 6.45) is 11.6. The molecule has 0 aromatic carbocycles. The molecule has 5 fully saturated rings. The topological polar surface area (TPSA) is 47.3 Å². The average Bonchev–Trinajstić information content (AvgIpc) is 2.88. The van der Waals surface area contributed by atoms with Crippen molar-refractivity contribution in [3.63, 3.8) is 0 Å². The number of nitrogens with one attached hydrogen (secondary N) is 1. The van der Waals surface area contributed by atoms with Crippen molar-refractivity contribution in [2.75, 3.05) is 13.2 Å². The first-order chi connectivity index (χ1) is 9.26. The van der Waals surface area contributed by atoms with Crippen molar-refractivity contribution < 1.29 is 4.74 Å². The van der Waals surface area contributed by atoms with Gasteiger partial charge in [0.05, 0.1) is 6.61 Å². The summed E-state index contributed by atoms with van der Waals surface area (Å²) < 4.78 is 5.57. The van der Waals surface area contributed by atoms with Crippen LogP contribution in [0.1, 0.15) is 51.4 Å². The van der Waals surface area contributed by atoms with Gasteiger partial charge in [-0.05, 0) is 74.5 Å². The van der Waals surface area contributed by atoms with Gasteiger partial charge in [0.2, 0.25) is 0 Å². The lowest BCUT2D eigenvalue weighted by molar-refractivity contribution is -0.0650. The predicted molar refractivity (Wildman–Crippen MR) is 75.3 cm³/mol. The van der Waals surface area contributed by atoms with E-state index in [1.165, 1.54) is 51.4 Å². The van der Waals surface area contributed by atoms with Crippen molar-refractivity contribution in [2.24, 2.45) is 34.9 Å². The molecule has 2 unspecified atom stereocenters. The molecule has 5 aliphatic rings. The predicted octanol–water partition coefficient (Wildman–Crippen LogP) is 2.46. The molecule has 108 valence electrons. The lowest BCUT2D eigenvalue weighted by Crippen LogP contribution is -2.51. The molecule has 5 rings (SSSR count). The van der Waals surface area contributed by atoms with Crippen LogP contribution in [-0.2, 0) is 4.74 Å². The van der Waals surface area contributed by atoms with Crippen LogP contribution in [0.15, 0.2) is 0 Å². The summed E-state index contributed by atoms with van der Waals surface area (Å²) in [6, 6.07) is 0.485. The first kappa shape index (κ1) is 12.6. The molecule has 3 nitrogen and oxygen atoms in total. The maximum absolute atomic E-state index is 5.88. The van der Waals surface area contributed by atoms with Gasteiger partial charge in [-0.1, -0.05) is 0 Å². The summed E-state index contributed by atoms with van der Waals surface area (Å²) in [5.41, 5.74) is 3.77. The van der Waals surface area contributed by atoms with E-state index >= 15 is 0 Å². The maximum atomic E-state index is 5.88. The summed E-state index contributed by atoms with van der Waals surface area (Å²) in [4.78, 5) is 0. The third kappa shape index (κ3) is 2.24. The second kappa shape index (κ2) is 4.71. The van der Waals surface area contributed by atoms with E-state index in [0.717, 1.165) is 31.0 Å². The monoisotopic (exact) mass is 264 g/mol. The highest BCUT2D eigenvalue weighted by molar-refractivity contribution is 5.03. The van der Waals surface area contributed by atoms with Crippen LogP contribution in [0.25, 0.3) is 0 Å². The molecule has 1 aliphatic heterocycles. The van der Waals surface area contributed by atoms with Gasteiger partial charge in [0.15, 0.2) is 0 Å². The number of rotatable bonds is 4. The van der Waals surface area contributed by atoms with Gasteiger partial charge in [-0.2, -0.15) is 0 Å². The smallest absolute Gasteiger partial charge is 0.0510 e. The van der Waals surface area contributed by atoms with Crippen molar-refractivity contribution in [3.8, 4) is 0 Å². The van der Waals surface area contributed by atoms with Crippen molar-refractivity contribution in [1.29, 1.82) is 0 Å². The minimum absolute atomic E-state index is 0.485. The molecule has 19 heavy (non-hydrogen) atoms. The molecule has 0 aromatic rings. The highest BCUT2D eigenvalue weighted by Gasteiger charge is 2.51. The fourth-order valence-electron chi connectivity index (χ4n) is 6.24. The molecule has 0 aromatic heterocycles. The van der Waals surface area contributed by atoms with Gasteiger partial charge in [-0.3, -0.25) is 11.3 Å². The molecule has 2 atom stereocenters. The van der Waals surface area contributed by atoms with Crippen molar-refractivity contribution in [1.82, 2.24) is 5.43 Å². The van der Waals surface area contributed by atoms with Gasteiger partial charge >= 0.3 is 0 Å². The molecule has 1 saturated heterocycles. The molecule has 4 saturated carbocycles. The van der Waals surface area contributed by atoms with Gasteiger partial charge in [-0.25, -0.2) is 0 Å². The highest BCUT2D eigenvalue weighted by Crippen LogP contribution is 2.61. The minimum Gasteiger partial charge on any atom is -0.381 e. The van der Waals surface area contributed by atoms with E-state index < -0.39 is 0 Å². The Morgan fingerprint density at radius 1 is 1.11 bits per heavy atom. The third-order valence-electron chi connectivity index (χ3n) is 6.57. The van der Waals surface area contributed by atoms with Crippen LogP contribution in [-0.4, -0.2) is 19.3 Å². The van der Waals surface area contributed by atoms with Crippen molar-refractivity contribution in [3.05, 3.63) is 0 Å². The number of hydrogen-bond donors (Lipinski definition) is 2. The van der Waals surface area contributed by atoms with Gasteiger partial charge in [0, 0.05) is 18.6 Å². The minimum atomic E-state index is 0.485. The Balaban J connectivity index is 1.48. The van der Waals surface area contributed by atoms with Gasteiger partial charge in [0.1, 0.15) is 0 Å². The largest absolute Gasteiger partial charge is 0.381 e. The van der Waals surface area contributed by atoms with E-state index in [0.29, 0.717) is 17.4 Å². The van der Waals surface area contributed by atoms with Crippen molar-refractivity contribution >= 4 is 0 Å². The summed E-state index contributed by atoms with van der Waals surface area (Å²) in [5.74, 6) is 9.66. The van der Waals surface area contributed by atoms with Crippen LogP contribution >= 0.6 is 0 Å². The Hall–Kier alpha value is -0.120. The molecule has 4 bridgehead atoms. The van der Waals surface area contributed by atoms with Crippen LogP contribution in [0.4, 0.5) is 0 Å². The second-order valence-corrected chi connectivity index (χ2v) is 8.02. The molecule has 1 heterocycles. The summed E-state index contributed by atoms with van der Waals surface area (Å²) in [6.45, 7) is 1.85. The van der Waals surface area contributed by atoms with Crippen LogP contribution in [0.2, 0.25) is 0 Å². The Labute approximate surface area is 116 Å². The highest BCUT2D eigenvalue weighted by atomic mass is 16.5. The van der Waals surface area contributed by atoms with E-state index in [-0.39, 0.29) is 0 Å². The number of hydrazine groups is 1. The van der Waals surface area contributed by atoms with Crippen LogP contribution in [0, 0.1) is 29.1 Å². The summed E-state index contributed by atoms with van der Waals surface area (Å²) in [7, 11) is 0. The Morgan fingerprint density at radius 2 is 1.74 bits per heavy atom. The Kier molecular flexibility index (Phi) is 3.13. The molecule has 4 aliphatic carbocycles. The van der Waals surface area contributed by atoms with Crippen molar-refractivity contribution in [2.45, 2.75) is 57.4 Å². The average molecular weight is 264 g/mol. The quantitative estimate of drug-likeness (QED) is 0.606. The number of hydrogen-bond acceptors (Lipinski definition) is 3. The normalized spacial score (nSPS) is 49.7. The fourth-order valence-corrected chi connectivity index (χ4v) is 6.24. The molecule has 3 N–H and O–H groups in total. The Bertz CT molecular complexity index is 302. The zero-order valence-electron chi connectivity index (χ0n) is 11.9. The first-order valence-corrected chi connectivity index (χ1v) is 8.30. The van der Waals surface area contributed by atoms with Gasteiger partial charge in [-0.15, -0.1) is 0 Å². The fraction of sp³-hybridized carbons (Fsp3) is 1.00. The third-order valence-corrected chi connectivity index (χ3v) is 6.57. The molecular weight excluding hydrogens is 236 g/mol. The molecular formula is C16H28N2O. The lowest BCUT2D eigenvalue weighted by Gasteiger charge is -2.58. The van der Waals surface area contributed by atoms with Gasteiger partial charge in [0.25, 0.3) is 0 Å². The SMILES string of the molecule is NNC(CC12CC3CC(CC(C3)C1)C2)C1CCOC1. The van der Waals surface area contributed by atoms with Crippen LogP contribution in [0.5, 0.6) is 0 Å². The number of nitrogens with two attached hydrogens (primary N) is 1. The molecule has 0 spiro atoms. The van der Waals surface area contributed by atoms with Gasteiger partial charge < -0.3 is 4.74 Å². The Morgan fingerprint density at radius 3 is 2.21 bits per heavy atom. The zero-order valence-corrected chi connectivity index (χ0v) is 11.9. The van der Waals surface area contributed by atoms with Crippen LogP contribution < -0.4 is 11.3 Å². The molecule has 3 heteroatoms. The summed E-state index contributed by atoms with van der Waals surface area (Å²) in [5, 5.41) is 0. The van der Waals surface area contributed by atoms with E-state index in [9.17, 15) is 0 Å². The molecule has 0 radical (unpaired) electrons.